The van der Waals surface area contributed by atoms with Crippen LogP contribution in [-0.4, -0.2) is 28.0 Å². The van der Waals surface area contributed by atoms with Crippen molar-refractivity contribution >= 4 is 21.6 Å². The summed E-state index contributed by atoms with van der Waals surface area (Å²) >= 11 is 0. The molecule has 0 saturated heterocycles. The van der Waals surface area contributed by atoms with E-state index in [-0.39, 0.29) is 22.9 Å². The van der Waals surface area contributed by atoms with Crippen LogP contribution in [0.5, 0.6) is 5.75 Å². The third-order valence-electron chi connectivity index (χ3n) is 5.91. The molecule has 6 nitrogen and oxygen atoms in total. The van der Waals surface area contributed by atoms with Crippen LogP contribution in [0.15, 0.2) is 77.7 Å². The lowest BCUT2D eigenvalue weighted by Crippen LogP contribution is -2.41. The van der Waals surface area contributed by atoms with Crippen LogP contribution >= 0.6 is 0 Å². The predicted molar refractivity (Wildman–Crippen MR) is 140 cm³/mol. The maximum Gasteiger partial charge on any atom is 0.264 e. The second-order valence-corrected chi connectivity index (χ2v) is 11.5. The molecule has 0 fully saturated rings. The molecule has 3 aromatic carbocycles. The van der Waals surface area contributed by atoms with Crippen molar-refractivity contribution in [2.24, 2.45) is 0 Å². The summed E-state index contributed by atoms with van der Waals surface area (Å²) in [6.45, 7) is 9.91. The molecule has 1 unspecified atom stereocenters. The fourth-order valence-electron chi connectivity index (χ4n) is 3.67. The third-order valence-corrected chi connectivity index (χ3v) is 7.70. The molecule has 35 heavy (non-hydrogen) atoms. The van der Waals surface area contributed by atoms with Gasteiger partial charge in [-0.1, -0.05) is 62.7 Å². The largest absolute Gasteiger partial charge is 0.497 e. The first-order chi connectivity index (χ1) is 16.4. The van der Waals surface area contributed by atoms with E-state index in [2.05, 4.69) is 38.2 Å². The van der Waals surface area contributed by atoms with Gasteiger partial charge in [0.2, 0.25) is 5.91 Å². The van der Waals surface area contributed by atoms with Crippen molar-refractivity contribution < 1.29 is 17.9 Å². The van der Waals surface area contributed by atoms with E-state index in [1.54, 1.807) is 24.3 Å². The Balaban J connectivity index is 1.84. The minimum absolute atomic E-state index is 0.0371. The van der Waals surface area contributed by atoms with E-state index in [1.807, 2.05) is 38.1 Å². The number of carbonyl (C=O) groups excluding carboxylic acids is 1. The molecule has 7 heteroatoms. The van der Waals surface area contributed by atoms with E-state index in [0.29, 0.717) is 11.4 Å². The second kappa shape index (κ2) is 10.5. The van der Waals surface area contributed by atoms with E-state index in [0.717, 1.165) is 15.4 Å². The molecule has 0 bridgehead atoms. The van der Waals surface area contributed by atoms with Crippen molar-refractivity contribution in [2.75, 3.05) is 18.0 Å². The molecule has 3 rings (SSSR count). The van der Waals surface area contributed by atoms with Crippen LogP contribution in [0.25, 0.3) is 0 Å². The summed E-state index contributed by atoms with van der Waals surface area (Å²) in [6.07, 6.45) is 0. The van der Waals surface area contributed by atoms with Crippen molar-refractivity contribution in [3.05, 3.63) is 89.5 Å². The summed E-state index contributed by atoms with van der Waals surface area (Å²) in [5.41, 5.74) is 3.60. The number of rotatable bonds is 8. The number of aryl methyl sites for hydroxylation is 1. The van der Waals surface area contributed by atoms with E-state index in [9.17, 15) is 13.2 Å². The van der Waals surface area contributed by atoms with Crippen LogP contribution in [-0.2, 0) is 20.2 Å². The molecule has 0 heterocycles. The maximum atomic E-state index is 13.5. The number of hydrogen-bond acceptors (Lipinski definition) is 4. The van der Waals surface area contributed by atoms with Crippen molar-refractivity contribution in [3.63, 3.8) is 0 Å². The van der Waals surface area contributed by atoms with Gasteiger partial charge >= 0.3 is 0 Å². The molecule has 0 radical (unpaired) electrons. The van der Waals surface area contributed by atoms with E-state index in [1.165, 1.54) is 24.8 Å². The molecule has 0 aliphatic heterocycles. The fourth-order valence-corrected chi connectivity index (χ4v) is 5.09. The predicted octanol–water partition coefficient (Wildman–Crippen LogP) is 5.37. The van der Waals surface area contributed by atoms with Gasteiger partial charge in [0.1, 0.15) is 12.3 Å². The van der Waals surface area contributed by atoms with Crippen LogP contribution in [0.1, 0.15) is 50.4 Å². The Morgan fingerprint density at radius 3 is 2.03 bits per heavy atom. The second-order valence-electron chi connectivity index (χ2n) is 9.68. The third kappa shape index (κ3) is 6.42. The summed E-state index contributed by atoms with van der Waals surface area (Å²) in [5.74, 6) is 0.157. The van der Waals surface area contributed by atoms with Gasteiger partial charge in [-0.25, -0.2) is 8.42 Å². The smallest absolute Gasteiger partial charge is 0.264 e. The number of nitrogens with one attached hydrogen (secondary N) is 1. The first-order valence-electron chi connectivity index (χ1n) is 11.5. The first kappa shape index (κ1) is 26.3. The summed E-state index contributed by atoms with van der Waals surface area (Å²) in [4.78, 5) is 13.1. The SMILES string of the molecule is COc1ccc(S(=O)(=O)N(CC(=O)NC(C)c2ccc(C(C)(C)C)cc2)c2ccc(C)cc2)cc1. The molecular weight excluding hydrogens is 460 g/mol. The van der Waals surface area contributed by atoms with E-state index >= 15 is 0 Å². The van der Waals surface area contributed by atoms with Crippen LogP contribution in [0.3, 0.4) is 0 Å². The number of benzene rings is 3. The maximum absolute atomic E-state index is 13.5. The van der Waals surface area contributed by atoms with Crippen molar-refractivity contribution in [1.82, 2.24) is 5.32 Å². The highest BCUT2D eigenvalue weighted by Gasteiger charge is 2.28. The van der Waals surface area contributed by atoms with Crippen molar-refractivity contribution in [3.8, 4) is 5.75 Å². The van der Waals surface area contributed by atoms with Gasteiger partial charge in [-0.2, -0.15) is 0 Å². The van der Waals surface area contributed by atoms with Crippen LogP contribution in [0, 0.1) is 6.92 Å². The molecule has 0 aromatic heterocycles. The van der Waals surface area contributed by atoms with Gasteiger partial charge < -0.3 is 10.1 Å². The number of sulfonamides is 1. The summed E-state index contributed by atoms with van der Waals surface area (Å²) in [6, 6.07) is 21.0. The number of methoxy groups -OCH3 is 1. The van der Waals surface area contributed by atoms with Gasteiger partial charge in [0.25, 0.3) is 10.0 Å². The van der Waals surface area contributed by atoms with Gasteiger partial charge in [-0.05, 0) is 66.8 Å². The topological polar surface area (TPSA) is 75.7 Å². The van der Waals surface area contributed by atoms with Crippen LogP contribution in [0.4, 0.5) is 5.69 Å². The Labute approximate surface area is 209 Å². The molecule has 1 N–H and O–H groups in total. The number of anilines is 1. The lowest BCUT2D eigenvalue weighted by atomic mass is 9.86. The molecule has 1 amide bonds. The monoisotopic (exact) mass is 494 g/mol. The Morgan fingerprint density at radius 1 is 0.943 bits per heavy atom. The number of amides is 1. The van der Waals surface area contributed by atoms with Gasteiger partial charge in [0.05, 0.1) is 23.7 Å². The van der Waals surface area contributed by atoms with E-state index in [4.69, 9.17) is 4.74 Å². The molecule has 0 saturated carbocycles. The summed E-state index contributed by atoms with van der Waals surface area (Å²) < 4.78 is 33.4. The lowest BCUT2D eigenvalue weighted by Gasteiger charge is -2.25. The Kier molecular flexibility index (Phi) is 7.90. The highest BCUT2D eigenvalue weighted by Crippen LogP contribution is 2.26. The summed E-state index contributed by atoms with van der Waals surface area (Å²) in [5, 5.41) is 2.94. The van der Waals surface area contributed by atoms with Crippen LogP contribution < -0.4 is 14.4 Å². The van der Waals surface area contributed by atoms with Crippen LogP contribution in [0.2, 0.25) is 0 Å². The zero-order valence-corrected chi connectivity index (χ0v) is 22.0. The molecule has 0 spiro atoms. The average molecular weight is 495 g/mol. The number of carbonyl (C=O) groups is 1. The average Bonchev–Trinajstić information content (AvgIpc) is 2.82. The minimum atomic E-state index is -3.99. The van der Waals surface area contributed by atoms with E-state index < -0.39 is 15.9 Å². The highest BCUT2D eigenvalue weighted by molar-refractivity contribution is 7.92. The standard InChI is InChI=1S/C28H34N2O4S/c1-20-7-13-24(14-8-20)30(35(32,33)26-17-15-25(34-6)16-18-26)19-27(31)29-21(2)22-9-11-23(12-10-22)28(3,4)5/h7-18,21H,19H2,1-6H3,(H,29,31). The quantitative estimate of drug-likeness (QED) is 0.457. The number of ether oxygens (including phenoxy) is 1. The molecule has 186 valence electrons. The molecule has 0 aliphatic rings. The van der Waals surface area contributed by atoms with Crippen molar-refractivity contribution in [1.29, 1.82) is 0 Å². The van der Waals surface area contributed by atoms with Gasteiger partial charge in [-0.15, -0.1) is 0 Å². The lowest BCUT2D eigenvalue weighted by molar-refractivity contribution is -0.120. The van der Waals surface area contributed by atoms with Gasteiger partial charge in [0, 0.05) is 0 Å². The Morgan fingerprint density at radius 2 is 1.51 bits per heavy atom. The Hall–Kier alpha value is -3.32. The normalized spacial score (nSPS) is 12.6. The zero-order chi connectivity index (χ0) is 25.8. The minimum Gasteiger partial charge on any atom is -0.497 e. The fraction of sp³-hybridized carbons (Fsp3) is 0.321. The summed E-state index contributed by atoms with van der Waals surface area (Å²) in [7, 11) is -2.47. The van der Waals surface area contributed by atoms with Gasteiger partial charge in [-0.3, -0.25) is 9.10 Å². The van der Waals surface area contributed by atoms with Crippen molar-refractivity contribution in [2.45, 2.75) is 51.0 Å². The Bertz CT molecular complexity index is 1240. The molecular formula is C28H34N2O4S. The highest BCUT2D eigenvalue weighted by atomic mass is 32.2. The molecule has 0 aliphatic carbocycles. The van der Waals surface area contributed by atoms with Gasteiger partial charge in [0.15, 0.2) is 0 Å². The number of nitrogens with zero attached hydrogens (tertiary/aromatic N) is 1. The molecule has 3 aromatic rings. The molecule has 1 atom stereocenters. The number of hydrogen-bond donors (Lipinski definition) is 1. The zero-order valence-electron chi connectivity index (χ0n) is 21.2. The first-order valence-corrected chi connectivity index (χ1v) is 13.0.